The molecule has 0 aliphatic heterocycles. The average Bonchev–Trinajstić information content (AvgIpc) is 3.21. The molecular formula is C22H25N7O. The van der Waals surface area contributed by atoms with Gasteiger partial charge in [-0.05, 0) is 42.7 Å². The van der Waals surface area contributed by atoms with Gasteiger partial charge in [-0.25, -0.2) is 4.98 Å². The molecule has 4 rings (SSSR count). The van der Waals surface area contributed by atoms with E-state index in [0.717, 1.165) is 27.7 Å². The van der Waals surface area contributed by atoms with Gasteiger partial charge in [0.25, 0.3) is 0 Å². The van der Waals surface area contributed by atoms with E-state index in [1.54, 1.807) is 13.3 Å². The zero-order valence-electron chi connectivity index (χ0n) is 17.6. The van der Waals surface area contributed by atoms with Crippen molar-refractivity contribution in [1.82, 2.24) is 29.9 Å². The number of hydrogen-bond acceptors (Lipinski definition) is 7. The first-order chi connectivity index (χ1) is 14.5. The van der Waals surface area contributed by atoms with E-state index in [1.165, 1.54) is 0 Å². The molecule has 0 spiro atoms. The molecule has 0 bridgehead atoms. The maximum absolute atomic E-state index is 5.31. The molecule has 1 unspecified atom stereocenters. The van der Waals surface area contributed by atoms with E-state index < -0.39 is 0 Å². The normalized spacial score (nSPS) is 12.4. The van der Waals surface area contributed by atoms with Crippen molar-refractivity contribution in [3.05, 3.63) is 54.6 Å². The smallest absolute Gasteiger partial charge is 0.154 e. The summed E-state index contributed by atoms with van der Waals surface area (Å²) < 4.78 is 7.18. The van der Waals surface area contributed by atoms with Gasteiger partial charge in [-0.15, -0.1) is 5.10 Å². The predicted molar refractivity (Wildman–Crippen MR) is 117 cm³/mol. The molecule has 0 aromatic carbocycles. The lowest BCUT2D eigenvalue weighted by molar-refractivity contribution is 0.0998. The van der Waals surface area contributed by atoms with Gasteiger partial charge in [0.05, 0.1) is 36.1 Å². The number of fused-ring (bicyclic) bond motifs is 1. The molecular weight excluding hydrogens is 378 g/mol. The van der Waals surface area contributed by atoms with Crippen molar-refractivity contribution in [2.75, 3.05) is 12.4 Å². The number of nitrogens with zero attached hydrogens (tertiary/aromatic N) is 6. The van der Waals surface area contributed by atoms with Crippen LogP contribution in [0.4, 0.5) is 11.6 Å². The van der Waals surface area contributed by atoms with Crippen LogP contribution in [0, 0.1) is 0 Å². The fourth-order valence-corrected chi connectivity index (χ4v) is 3.07. The van der Waals surface area contributed by atoms with Crippen molar-refractivity contribution in [3.63, 3.8) is 0 Å². The zero-order valence-corrected chi connectivity index (χ0v) is 17.6. The van der Waals surface area contributed by atoms with Gasteiger partial charge in [-0.3, -0.25) is 9.67 Å². The average molecular weight is 403 g/mol. The van der Waals surface area contributed by atoms with Gasteiger partial charge in [0.15, 0.2) is 5.82 Å². The van der Waals surface area contributed by atoms with E-state index in [9.17, 15) is 0 Å². The summed E-state index contributed by atoms with van der Waals surface area (Å²) in [6.07, 6.45) is 7.55. The first-order valence-corrected chi connectivity index (χ1v) is 9.94. The minimum atomic E-state index is 0.0973. The highest BCUT2D eigenvalue weighted by molar-refractivity contribution is 5.81. The standard InChI is InChI=1S/C22H25N7O/c1-14(2)16-8-22(28-24-10-16)27-21-6-5-19-20(26-21)7-17(9-23-19)18-11-25-29(13-18)12-15(3)30-4/h5-11,13-15H,12H2,1-4H3,(H,26,27,28). The third-order valence-electron chi connectivity index (χ3n) is 4.95. The molecule has 8 heteroatoms. The molecule has 0 fully saturated rings. The predicted octanol–water partition coefficient (Wildman–Crippen LogP) is 4.19. The Labute approximate surface area is 175 Å². The quantitative estimate of drug-likeness (QED) is 0.495. The maximum atomic E-state index is 5.31. The number of methoxy groups -OCH3 is 1. The summed E-state index contributed by atoms with van der Waals surface area (Å²) in [6.45, 7) is 6.96. The van der Waals surface area contributed by atoms with Crippen molar-refractivity contribution in [1.29, 1.82) is 0 Å². The van der Waals surface area contributed by atoms with Crippen LogP contribution in [0.25, 0.3) is 22.2 Å². The van der Waals surface area contributed by atoms with Crippen LogP contribution in [0.5, 0.6) is 0 Å². The summed E-state index contributed by atoms with van der Waals surface area (Å²) in [6, 6.07) is 7.85. The zero-order chi connectivity index (χ0) is 21.1. The molecule has 0 aliphatic rings. The molecule has 0 saturated carbocycles. The number of nitrogens with one attached hydrogen (secondary N) is 1. The van der Waals surface area contributed by atoms with Crippen molar-refractivity contribution >= 4 is 22.7 Å². The molecule has 4 aromatic heterocycles. The second-order valence-corrected chi connectivity index (χ2v) is 7.61. The summed E-state index contributed by atoms with van der Waals surface area (Å²) in [4.78, 5) is 9.26. The molecule has 30 heavy (non-hydrogen) atoms. The van der Waals surface area contributed by atoms with Crippen molar-refractivity contribution in [3.8, 4) is 11.1 Å². The fourth-order valence-electron chi connectivity index (χ4n) is 3.07. The Morgan fingerprint density at radius 3 is 2.67 bits per heavy atom. The van der Waals surface area contributed by atoms with E-state index in [4.69, 9.17) is 9.72 Å². The van der Waals surface area contributed by atoms with Crippen LogP contribution < -0.4 is 5.32 Å². The Kier molecular flexibility index (Phi) is 5.67. The number of aromatic nitrogens is 6. The van der Waals surface area contributed by atoms with Gasteiger partial charge in [0, 0.05) is 30.6 Å². The highest BCUT2D eigenvalue weighted by atomic mass is 16.5. The van der Waals surface area contributed by atoms with E-state index >= 15 is 0 Å². The molecule has 0 radical (unpaired) electrons. The van der Waals surface area contributed by atoms with E-state index in [1.807, 2.05) is 54.5 Å². The molecule has 1 N–H and O–H groups in total. The van der Waals surface area contributed by atoms with Gasteiger partial charge in [-0.2, -0.15) is 10.2 Å². The number of ether oxygens (including phenoxy) is 1. The third kappa shape index (κ3) is 4.44. The van der Waals surface area contributed by atoms with E-state index in [2.05, 4.69) is 39.4 Å². The SMILES string of the molecule is COC(C)Cn1cc(-c2cnc3ccc(Nc4cc(C(C)C)cnn4)nc3c2)cn1. The molecule has 4 heterocycles. The van der Waals surface area contributed by atoms with Crippen LogP contribution in [0.2, 0.25) is 0 Å². The molecule has 4 aromatic rings. The van der Waals surface area contributed by atoms with Crippen molar-refractivity contribution in [2.45, 2.75) is 39.3 Å². The number of pyridine rings is 2. The van der Waals surface area contributed by atoms with Crippen LogP contribution in [0.3, 0.4) is 0 Å². The van der Waals surface area contributed by atoms with Gasteiger partial charge in [0.2, 0.25) is 0 Å². The summed E-state index contributed by atoms with van der Waals surface area (Å²) in [5, 5.41) is 15.9. The summed E-state index contributed by atoms with van der Waals surface area (Å²) >= 11 is 0. The summed E-state index contributed by atoms with van der Waals surface area (Å²) in [7, 11) is 1.70. The Morgan fingerprint density at radius 1 is 1.00 bits per heavy atom. The molecule has 1 atom stereocenters. The van der Waals surface area contributed by atoms with Crippen LogP contribution in [-0.2, 0) is 11.3 Å². The van der Waals surface area contributed by atoms with Gasteiger partial charge < -0.3 is 10.1 Å². The Bertz CT molecular complexity index is 1160. The van der Waals surface area contributed by atoms with Crippen LogP contribution in [-0.4, -0.2) is 43.2 Å². The molecule has 0 saturated heterocycles. The number of rotatable bonds is 7. The molecule has 8 nitrogen and oxygen atoms in total. The molecule has 154 valence electrons. The second-order valence-electron chi connectivity index (χ2n) is 7.61. The highest BCUT2D eigenvalue weighted by Gasteiger charge is 2.09. The lowest BCUT2D eigenvalue weighted by Crippen LogP contribution is -2.14. The van der Waals surface area contributed by atoms with Crippen LogP contribution in [0.15, 0.2) is 49.1 Å². The van der Waals surface area contributed by atoms with Crippen LogP contribution >= 0.6 is 0 Å². The van der Waals surface area contributed by atoms with Crippen molar-refractivity contribution in [2.24, 2.45) is 0 Å². The van der Waals surface area contributed by atoms with Crippen molar-refractivity contribution < 1.29 is 4.74 Å². The largest absolute Gasteiger partial charge is 0.380 e. The van der Waals surface area contributed by atoms with Gasteiger partial charge in [0.1, 0.15) is 5.82 Å². The van der Waals surface area contributed by atoms with Gasteiger partial charge >= 0.3 is 0 Å². The second kappa shape index (κ2) is 8.54. The Balaban J connectivity index is 1.59. The topological polar surface area (TPSA) is 90.6 Å². The van der Waals surface area contributed by atoms with Gasteiger partial charge in [-0.1, -0.05) is 13.8 Å². The fraction of sp³-hybridized carbons (Fsp3) is 0.318. The Morgan fingerprint density at radius 2 is 1.87 bits per heavy atom. The minimum Gasteiger partial charge on any atom is -0.380 e. The number of hydrogen-bond donors (Lipinski definition) is 1. The Hall–Kier alpha value is -3.39. The highest BCUT2D eigenvalue weighted by Crippen LogP contribution is 2.24. The monoisotopic (exact) mass is 403 g/mol. The first kappa shape index (κ1) is 19.9. The third-order valence-corrected chi connectivity index (χ3v) is 4.95. The lowest BCUT2D eigenvalue weighted by Gasteiger charge is -2.09. The lowest BCUT2D eigenvalue weighted by atomic mass is 10.1. The first-order valence-electron chi connectivity index (χ1n) is 9.94. The summed E-state index contributed by atoms with van der Waals surface area (Å²) in [5.41, 5.74) is 4.70. The molecule has 0 amide bonds. The van der Waals surface area contributed by atoms with Crippen LogP contribution in [0.1, 0.15) is 32.3 Å². The maximum Gasteiger partial charge on any atom is 0.154 e. The molecule has 0 aliphatic carbocycles. The van der Waals surface area contributed by atoms with E-state index in [0.29, 0.717) is 24.1 Å². The minimum absolute atomic E-state index is 0.0973. The number of anilines is 2. The summed E-state index contributed by atoms with van der Waals surface area (Å²) in [5.74, 6) is 1.75. The van der Waals surface area contributed by atoms with E-state index in [-0.39, 0.29) is 6.10 Å².